The van der Waals surface area contributed by atoms with Crippen molar-refractivity contribution in [2.45, 2.75) is 71.9 Å². The Morgan fingerprint density at radius 3 is 2.47 bits per heavy atom. The summed E-state index contributed by atoms with van der Waals surface area (Å²) in [5.41, 5.74) is 0.272. The van der Waals surface area contributed by atoms with Crippen LogP contribution in [-0.4, -0.2) is 36.1 Å². The molecule has 102 valence electrons. The normalized spacial score (nSPS) is 27.4. The van der Waals surface area contributed by atoms with Crippen LogP contribution in [0.4, 0.5) is 0 Å². The second kappa shape index (κ2) is 6.75. The van der Waals surface area contributed by atoms with Gasteiger partial charge in [0.15, 0.2) is 0 Å². The van der Waals surface area contributed by atoms with Crippen LogP contribution in [0, 0.1) is 5.92 Å². The molecule has 1 aliphatic heterocycles. The molecule has 0 bridgehead atoms. The zero-order valence-electron chi connectivity index (χ0n) is 12.6. The summed E-state index contributed by atoms with van der Waals surface area (Å²) < 4.78 is 0. The van der Waals surface area contributed by atoms with Gasteiger partial charge in [-0.2, -0.15) is 0 Å². The molecule has 2 heteroatoms. The van der Waals surface area contributed by atoms with Gasteiger partial charge in [-0.1, -0.05) is 6.92 Å². The second-order valence-electron chi connectivity index (χ2n) is 6.90. The van der Waals surface area contributed by atoms with E-state index in [1.165, 1.54) is 38.8 Å². The summed E-state index contributed by atoms with van der Waals surface area (Å²) in [6.07, 6.45) is 5.42. The van der Waals surface area contributed by atoms with E-state index in [-0.39, 0.29) is 5.54 Å². The lowest BCUT2D eigenvalue weighted by Gasteiger charge is -2.36. The van der Waals surface area contributed by atoms with Gasteiger partial charge in [0.1, 0.15) is 0 Å². The Bertz CT molecular complexity index is 207. The van der Waals surface area contributed by atoms with Gasteiger partial charge in [-0.15, -0.1) is 0 Å². The van der Waals surface area contributed by atoms with Crippen molar-refractivity contribution >= 4 is 0 Å². The van der Waals surface area contributed by atoms with Crippen LogP contribution in [0.1, 0.15) is 60.3 Å². The molecule has 2 unspecified atom stereocenters. The second-order valence-corrected chi connectivity index (χ2v) is 6.90. The Balaban J connectivity index is 2.06. The molecule has 1 fully saturated rings. The predicted molar refractivity (Wildman–Crippen MR) is 76.4 cm³/mol. The summed E-state index contributed by atoms with van der Waals surface area (Å²) in [7, 11) is 0. The fraction of sp³-hybridized carbons (Fsp3) is 1.00. The van der Waals surface area contributed by atoms with Gasteiger partial charge in [0.2, 0.25) is 0 Å². The van der Waals surface area contributed by atoms with Gasteiger partial charge < -0.3 is 10.2 Å². The predicted octanol–water partition coefficient (Wildman–Crippen LogP) is 3.28. The molecule has 2 atom stereocenters. The number of likely N-dealkylation sites (tertiary alicyclic amines) is 1. The fourth-order valence-electron chi connectivity index (χ4n) is 2.69. The van der Waals surface area contributed by atoms with Crippen molar-refractivity contribution in [2.24, 2.45) is 5.92 Å². The van der Waals surface area contributed by atoms with Crippen LogP contribution in [0.25, 0.3) is 0 Å². The van der Waals surface area contributed by atoms with Crippen molar-refractivity contribution in [3.63, 3.8) is 0 Å². The maximum Gasteiger partial charge on any atom is 0.00965 e. The van der Waals surface area contributed by atoms with E-state index in [0.717, 1.165) is 18.5 Å². The standard InChI is InChI=1S/C15H32N2/c1-13-8-11-17(14(2)12-13)10-7-6-9-16-15(3,4)5/h13-14,16H,6-12H2,1-5H3. The lowest BCUT2D eigenvalue weighted by molar-refractivity contribution is 0.127. The third-order valence-electron chi connectivity index (χ3n) is 3.80. The molecule has 1 heterocycles. The Hall–Kier alpha value is -0.0800. The Kier molecular flexibility index (Phi) is 5.94. The van der Waals surface area contributed by atoms with Gasteiger partial charge in [0, 0.05) is 11.6 Å². The van der Waals surface area contributed by atoms with Gasteiger partial charge in [-0.05, 0) is 78.9 Å². The molecule has 0 aliphatic carbocycles. The largest absolute Gasteiger partial charge is 0.312 e. The highest BCUT2D eigenvalue weighted by Crippen LogP contribution is 2.22. The van der Waals surface area contributed by atoms with E-state index in [2.05, 4.69) is 44.8 Å². The fourth-order valence-corrected chi connectivity index (χ4v) is 2.69. The highest BCUT2D eigenvalue weighted by Gasteiger charge is 2.21. The molecular formula is C15H32N2. The first-order chi connectivity index (χ1) is 7.88. The average molecular weight is 240 g/mol. The third-order valence-corrected chi connectivity index (χ3v) is 3.80. The van der Waals surface area contributed by atoms with E-state index in [0.29, 0.717) is 0 Å². The molecule has 0 amide bonds. The van der Waals surface area contributed by atoms with E-state index in [4.69, 9.17) is 0 Å². The number of hydrogen-bond donors (Lipinski definition) is 1. The van der Waals surface area contributed by atoms with E-state index >= 15 is 0 Å². The maximum absolute atomic E-state index is 3.56. The number of hydrogen-bond acceptors (Lipinski definition) is 2. The van der Waals surface area contributed by atoms with Gasteiger partial charge in [0.05, 0.1) is 0 Å². The average Bonchev–Trinajstić information content (AvgIpc) is 2.18. The van der Waals surface area contributed by atoms with Crippen LogP contribution >= 0.6 is 0 Å². The summed E-state index contributed by atoms with van der Waals surface area (Å²) in [4.78, 5) is 2.68. The van der Waals surface area contributed by atoms with E-state index < -0.39 is 0 Å². The molecule has 0 aromatic heterocycles. The molecule has 1 N–H and O–H groups in total. The van der Waals surface area contributed by atoms with Gasteiger partial charge in [-0.25, -0.2) is 0 Å². The smallest absolute Gasteiger partial charge is 0.00965 e. The molecule has 2 nitrogen and oxygen atoms in total. The third kappa shape index (κ3) is 6.42. The summed E-state index contributed by atoms with van der Waals surface area (Å²) >= 11 is 0. The van der Waals surface area contributed by atoms with E-state index in [9.17, 15) is 0 Å². The lowest BCUT2D eigenvalue weighted by atomic mass is 9.93. The molecule has 17 heavy (non-hydrogen) atoms. The number of nitrogens with one attached hydrogen (secondary N) is 1. The number of nitrogens with zero attached hydrogens (tertiary/aromatic N) is 1. The lowest BCUT2D eigenvalue weighted by Crippen LogP contribution is -2.41. The van der Waals surface area contributed by atoms with Crippen molar-refractivity contribution in [3.05, 3.63) is 0 Å². The molecule has 0 aromatic rings. The SMILES string of the molecule is CC1CCN(CCCCNC(C)(C)C)C(C)C1. The van der Waals surface area contributed by atoms with Gasteiger partial charge in [-0.3, -0.25) is 0 Å². The summed E-state index contributed by atoms with van der Waals surface area (Å²) in [6, 6.07) is 0.800. The summed E-state index contributed by atoms with van der Waals surface area (Å²) in [5, 5.41) is 3.56. The summed E-state index contributed by atoms with van der Waals surface area (Å²) in [6.45, 7) is 15.3. The minimum atomic E-state index is 0.272. The molecule has 0 spiro atoms. The summed E-state index contributed by atoms with van der Waals surface area (Å²) in [5.74, 6) is 0.934. The zero-order chi connectivity index (χ0) is 12.9. The number of unbranched alkanes of at least 4 members (excludes halogenated alkanes) is 1. The van der Waals surface area contributed by atoms with Crippen molar-refractivity contribution in [3.8, 4) is 0 Å². The molecule has 0 radical (unpaired) electrons. The van der Waals surface area contributed by atoms with Crippen molar-refractivity contribution in [1.82, 2.24) is 10.2 Å². The molecule has 0 saturated carbocycles. The van der Waals surface area contributed by atoms with Crippen molar-refractivity contribution < 1.29 is 0 Å². The van der Waals surface area contributed by atoms with Crippen molar-refractivity contribution in [1.29, 1.82) is 0 Å². The van der Waals surface area contributed by atoms with Crippen LogP contribution < -0.4 is 5.32 Å². The Labute approximate surface area is 108 Å². The highest BCUT2D eigenvalue weighted by molar-refractivity contribution is 4.77. The first-order valence-electron chi connectivity index (χ1n) is 7.37. The molecule has 1 saturated heterocycles. The molecule has 1 rings (SSSR count). The number of rotatable bonds is 5. The van der Waals surface area contributed by atoms with Crippen LogP contribution in [0.5, 0.6) is 0 Å². The maximum atomic E-state index is 3.56. The van der Waals surface area contributed by atoms with Crippen LogP contribution in [0.15, 0.2) is 0 Å². The van der Waals surface area contributed by atoms with Crippen molar-refractivity contribution in [2.75, 3.05) is 19.6 Å². The van der Waals surface area contributed by atoms with E-state index in [1.807, 2.05) is 0 Å². The van der Waals surface area contributed by atoms with Gasteiger partial charge >= 0.3 is 0 Å². The van der Waals surface area contributed by atoms with Crippen LogP contribution in [0.3, 0.4) is 0 Å². The minimum Gasteiger partial charge on any atom is -0.312 e. The van der Waals surface area contributed by atoms with Crippen LogP contribution in [0.2, 0.25) is 0 Å². The first-order valence-corrected chi connectivity index (χ1v) is 7.37. The minimum absolute atomic E-state index is 0.272. The monoisotopic (exact) mass is 240 g/mol. The van der Waals surface area contributed by atoms with Gasteiger partial charge in [0.25, 0.3) is 0 Å². The molecule has 0 aromatic carbocycles. The first kappa shape index (κ1) is 15.0. The zero-order valence-corrected chi connectivity index (χ0v) is 12.6. The Morgan fingerprint density at radius 2 is 1.88 bits per heavy atom. The highest BCUT2D eigenvalue weighted by atomic mass is 15.2. The van der Waals surface area contributed by atoms with E-state index in [1.54, 1.807) is 0 Å². The number of piperidine rings is 1. The molecular weight excluding hydrogens is 208 g/mol. The molecule has 1 aliphatic rings. The quantitative estimate of drug-likeness (QED) is 0.742. The topological polar surface area (TPSA) is 15.3 Å². The van der Waals surface area contributed by atoms with Crippen LogP contribution in [-0.2, 0) is 0 Å². The Morgan fingerprint density at radius 1 is 1.18 bits per heavy atom.